The van der Waals surface area contributed by atoms with Crippen LogP contribution in [0.25, 0.3) is 0 Å². The number of thiocarbonyl (C=S) groups is 1. The van der Waals surface area contributed by atoms with Crippen LogP contribution in [-0.2, 0) is 0 Å². The van der Waals surface area contributed by atoms with Crippen LogP contribution in [-0.4, -0.2) is 11.2 Å². The molecule has 0 radical (unpaired) electrons. The zero-order chi connectivity index (χ0) is 16.1. The fraction of sp³-hybridized carbons (Fsp3) is 0.632. The number of anilines is 1. The predicted octanol–water partition coefficient (Wildman–Crippen LogP) is 5.55. The Hall–Kier alpha value is -1.09. The Bertz CT molecular complexity index is 504. The minimum atomic E-state index is 0.487. The summed E-state index contributed by atoms with van der Waals surface area (Å²) in [6.07, 6.45) is 6.26. The van der Waals surface area contributed by atoms with Gasteiger partial charge in [0.25, 0.3) is 0 Å². The number of hydrogen-bond donors (Lipinski definition) is 2. The maximum Gasteiger partial charge on any atom is 0.171 e. The molecule has 0 amide bonds. The molecule has 0 aromatic heterocycles. The standard InChI is InChI=1S/C19H30N2S/c1-5-14(4)17-12-8-11-16(13(2)3)18(17)21-19(22)20-15-9-6-7-10-15/h8,11-15H,5-7,9-10H2,1-4H3,(H2,20,21,22). The number of hydrogen-bond acceptors (Lipinski definition) is 1. The highest BCUT2D eigenvalue weighted by Gasteiger charge is 2.19. The topological polar surface area (TPSA) is 24.1 Å². The molecule has 1 aromatic rings. The van der Waals surface area contributed by atoms with Crippen molar-refractivity contribution in [2.75, 3.05) is 5.32 Å². The summed E-state index contributed by atoms with van der Waals surface area (Å²) in [5, 5.41) is 7.80. The lowest BCUT2D eigenvalue weighted by atomic mass is 9.90. The molecule has 1 atom stereocenters. The van der Waals surface area contributed by atoms with Crippen LogP contribution in [0.4, 0.5) is 5.69 Å². The second kappa shape index (κ2) is 7.96. The van der Waals surface area contributed by atoms with E-state index in [9.17, 15) is 0 Å². The van der Waals surface area contributed by atoms with E-state index >= 15 is 0 Å². The fourth-order valence-electron chi connectivity index (χ4n) is 3.25. The third-order valence-corrected chi connectivity index (χ3v) is 5.04. The first-order valence-corrected chi connectivity index (χ1v) is 9.14. The zero-order valence-corrected chi connectivity index (χ0v) is 15.2. The molecule has 1 aliphatic rings. The van der Waals surface area contributed by atoms with Crippen LogP contribution in [0.15, 0.2) is 18.2 Å². The van der Waals surface area contributed by atoms with Crippen LogP contribution < -0.4 is 10.6 Å². The quantitative estimate of drug-likeness (QED) is 0.696. The van der Waals surface area contributed by atoms with E-state index in [1.165, 1.54) is 42.5 Å². The van der Waals surface area contributed by atoms with Gasteiger partial charge in [-0.1, -0.05) is 58.7 Å². The molecule has 2 rings (SSSR count). The van der Waals surface area contributed by atoms with Crippen molar-refractivity contribution in [3.8, 4) is 0 Å². The molecule has 2 N–H and O–H groups in total. The third-order valence-electron chi connectivity index (χ3n) is 4.82. The Morgan fingerprint density at radius 1 is 1.18 bits per heavy atom. The molecule has 122 valence electrons. The summed E-state index contributed by atoms with van der Waals surface area (Å²) >= 11 is 5.58. The van der Waals surface area contributed by atoms with Gasteiger partial charge >= 0.3 is 0 Å². The van der Waals surface area contributed by atoms with Gasteiger partial charge in [0.05, 0.1) is 0 Å². The van der Waals surface area contributed by atoms with Gasteiger partial charge in [-0.2, -0.15) is 0 Å². The first kappa shape index (κ1) is 17.3. The molecular weight excluding hydrogens is 288 g/mol. The lowest BCUT2D eigenvalue weighted by molar-refractivity contribution is 0.634. The first-order valence-electron chi connectivity index (χ1n) is 8.73. The Morgan fingerprint density at radius 2 is 1.82 bits per heavy atom. The molecule has 0 spiro atoms. The summed E-state index contributed by atoms with van der Waals surface area (Å²) in [6.45, 7) is 9.02. The van der Waals surface area contributed by atoms with E-state index in [0.717, 1.165) is 11.5 Å². The van der Waals surface area contributed by atoms with Crippen molar-refractivity contribution in [1.82, 2.24) is 5.32 Å². The van der Waals surface area contributed by atoms with Gasteiger partial charge in [-0.15, -0.1) is 0 Å². The van der Waals surface area contributed by atoms with Crippen molar-refractivity contribution in [2.45, 2.75) is 77.7 Å². The molecule has 0 heterocycles. The average Bonchev–Trinajstić information content (AvgIpc) is 2.99. The van der Waals surface area contributed by atoms with Crippen LogP contribution >= 0.6 is 12.2 Å². The third kappa shape index (κ3) is 4.22. The minimum Gasteiger partial charge on any atom is -0.360 e. The van der Waals surface area contributed by atoms with Gasteiger partial charge in [-0.05, 0) is 54.4 Å². The summed E-state index contributed by atoms with van der Waals surface area (Å²) in [5.74, 6) is 1.02. The molecule has 1 aromatic carbocycles. The maximum absolute atomic E-state index is 5.58. The van der Waals surface area contributed by atoms with Crippen molar-refractivity contribution >= 4 is 23.0 Å². The van der Waals surface area contributed by atoms with Crippen LogP contribution in [0.2, 0.25) is 0 Å². The molecule has 0 aliphatic heterocycles. The van der Waals surface area contributed by atoms with Crippen LogP contribution in [0, 0.1) is 0 Å². The minimum absolute atomic E-state index is 0.487. The summed E-state index contributed by atoms with van der Waals surface area (Å²) in [4.78, 5) is 0. The van der Waals surface area contributed by atoms with Crippen molar-refractivity contribution in [3.63, 3.8) is 0 Å². The molecule has 22 heavy (non-hydrogen) atoms. The zero-order valence-electron chi connectivity index (χ0n) is 14.4. The second-order valence-corrected chi connectivity index (χ2v) is 7.26. The van der Waals surface area contributed by atoms with E-state index in [1.54, 1.807) is 0 Å². The Morgan fingerprint density at radius 3 is 2.41 bits per heavy atom. The molecule has 2 nitrogen and oxygen atoms in total. The fourth-order valence-corrected chi connectivity index (χ4v) is 3.52. The lowest BCUT2D eigenvalue weighted by Crippen LogP contribution is -2.36. The normalized spacial score (nSPS) is 16.8. The largest absolute Gasteiger partial charge is 0.360 e. The molecule has 1 fully saturated rings. The highest BCUT2D eigenvalue weighted by Crippen LogP contribution is 2.33. The summed E-state index contributed by atoms with van der Waals surface area (Å²) in [7, 11) is 0. The Labute approximate surface area is 141 Å². The predicted molar refractivity (Wildman–Crippen MR) is 101 cm³/mol. The first-order chi connectivity index (χ1) is 10.5. The molecule has 1 unspecified atom stereocenters. The van der Waals surface area contributed by atoms with Crippen molar-refractivity contribution < 1.29 is 0 Å². The highest BCUT2D eigenvalue weighted by molar-refractivity contribution is 7.80. The van der Waals surface area contributed by atoms with Gasteiger partial charge in [0.15, 0.2) is 5.11 Å². The van der Waals surface area contributed by atoms with Crippen LogP contribution in [0.3, 0.4) is 0 Å². The summed E-state index contributed by atoms with van der Waals surface area (Å²) in [5.41, 5.74) is 3.96. The van der Waals surface area contributed by atoms with Crippen molar-refractivity contribution in [3.05, 3.63) is 29.3 Å². The van der Waals surface area contributed by atoms with E-state index in [1.807, 2.05) is 0 Å². The monoisotopic (exact) mass is 318 g/mol. The molecule has 3 heteroatoms. The SMILES string of the molecule is CCC(C)c1cccc(C(C)C)c1NC(=S)NC1CCCC1. The molecular formula is C19H30N2S. The molecule has 1 saturated carbocycles. The van der Waals surface area contributed by atoms with Crippen LogP contribution in [0.5, 0.6) is 0 Å². The van der Waals surface area contributed by atoms with E-state index in [-0.39, 0.29) is 0 Å². The van der Waals surface area contributed by atoms with E-state index < -0.39 is 0 Å². The van der Waals surface area contributed by atoms with Gasteiger partial charge < -0.3 is 10.6 Å². The maximum atomic E-state index is 5.58. The lowest BCUT2D eigenvalue weighted by Gasteiger charge is -2.23. The highest BCUT2D eigenvalue weighted by atomic mass is 32.1. The Balaban J connectivity index is 2.20. The van der Waals surface area contributed by atoms with Gasteiger partial charge in [-0.25, -0.2) is 0 Å². The number of rotatable bonds is 5. The second-order valence-electron chi connectivity index (χ2n) is 6.86. The summed E-state index contributed by atoms with van der Waals surface area (Å²) in [6, 6.07) is 7.19. The molecule has 0 saturated heterocycles. The number of benzene rings is 1. The van der Waals surface area contributed by atoms with Crippen molar-refractivity contribution in [1.29, 1.82) is 0 Å². The van der Waals surface area contributed by atoms with Gasteiger partial charge in [0.2, 0.25) is 0 Å². The smallest absolute Gasteiger partial charge is 0.171 e. The van der Waals surface area contributed by atoms with Gasteiger partial charge in [-0.3, -0.25) is 0 Å². The number of nitrogens with one attached hydrogen (secondary N) is 2. The van der Waals surface area contributed by atoms with E-state index in [0.29, 0.717) is 17.9 Å². The van der Waals surface area contributed by atoms with E-state index in [2.05, 4.69) is 56.5 Å². The average molecular weight is 319 g/mol. The Kier molecular flexibility index (Phi) is 6.25. The van der Waals surface area contributed by atoms with E-state index in [4.69, 9.17) is 12.2 Å². The number of para-hydroxylation sites is 1. The van der Waals surface area contributed by atoms with Crippen LogP contribution in [0.1, 0.15) is 82.8 Å². The van der Waals surface area contributed by atoms with Crippen molar-refractivity contribution in [2.24, 2.45) is 0 Å². The van der Waals surface area contributed by atoms with Gasteiger partial charge in [0.1, 0.15) is 0 Å². The molecule has 1 aliphatic carbocycles. The molecule has 0 bridgehead atoms. The summed E-state index contributed by atoms with van der Waals surface area (Å²) < 4.78 is 0. The van der Waals surface area contributed by atoms with Gasteiger partial charge in [0, 0.05) is 11.7 Å².